The quantitative estimate of drug-likeness (QED) is 0.347. The van der Waals surface area contributed by atoms with Crippen molar-refractivity contribution in [2.75, 3.05) is 13.1 Å². The van der Waals surface area contributed by atoms with E-state index in [9.17, 15) is 20.2 Å². The van der Waals surface area contributed by atoms with Crippen molar-refractivity contribution in [2.45, 2.75) is 45.2 Å². The number of allylic oxidation sites excluding steroid dienone is 1. The van der Waals surface area contributed by atoms with Gasteiger partial charge in [0.25, 0.3) is 11.4 Å². The second kappa shape index (κ2) is 9.13. The van der Waals surface area contributed by atoms with Gasteiger partial charge in [-0.1, -0.05) is 12.1 Å². The highest BCUT2D eigenvalue weighted by Crippen LogP contribution is 2.37. The minimum atomic E-state index is -0.383. The van der Waals surface area contributed by atoms with Crippen molar-refractivity contribution >= 4 is 17.6 Å². The van der Waals surface area contributed by atoms with Gasteiger partial charge in [-0.25, -0.2) is 4.58 Å². The zero-order chi connectivity index (χ0) is 23.6. The Morgan fingerprint density at radius 1 is 0.909 bits per heavy atom. The third-order valence-corrected chi connectivity index (χ3v) is 6.93. The number of nitro groups is 2. The molecule has 8 nitrogen and oxygen atoms in total. The maximum Gasteiger partial charge on any atom is 0.269 e. The normalized spacial score (nSPS) is 19.7. The number of benzene rings is 2. The highest BCUT2D eigenvalue weighted by atomic mass is 16.6. The number of nitro benzene ring substituents is 2. The molecule has 172 valence electrons. The Bertz CT molecular complexity index is 1100. The molecule has 0 aliphatic carbocycles. The summed E-state index contributed by atoms with van der Waals surface area (Å²) in [6, 6.07) is 13.6. The van der Waals surface area contributed by atoms with Crippen LogP contribution in [0.25, 0.3) is 0 Å². The van der Waals surface area contributed by atoms with E-state index in [4.69, 9.17) is 0 Å². The summed E-state index contributed by atoms with van der Waals surface area (Å²) < 4.78 is 2.30. The molecule has 1 unspecified atom stereocenters. The van der Waals surface area contributed by atoms with Gasteiger partial charge in [0.05, 0.1) is 15.8 Å². The summed E-state index contributed by atoms with van der Waals surface area (Å²) in [5, 5.41) is 22.0. The van der Waals surface area contributed by atoms with Gasteiger partial charge in [-0.3, -0.25) is 20.2 Å². The third-order valence-electron chi connectivity index (χ3n) is 6.93. The number of nitrogens with zero attached hydrogens (tertiary/aromatic N) is 4. The van der Waals surface area contributed by atoms with Crippen LogP contribution in [0.3, 0.4) is 0 Å². The molecule has 0 spiro atoms. The average Bonchev–Trinajstić information content (AvgIpc) is 3.32. The summed E-state index contributed by atoms with van der Waals surface area (Å²) in [6.45, 7) is 7.21. The van der Waals surface area contributed by atoms with Crippen LogP contribution in [0.4, 0.5) is 11.4 Å². The van der Waals surface area contributed by atoms with E-state index >= 15 is 0 Å². The molecule has 0 amide bonds. The van der Waals surface area contributed by atoms with Crippen molar-refractivity contribution in [3.63, 3.8) is 0 Å². The minimum absolute atomic E-state index is 0.0906. The Hall–Kier alpha value is -3.55. The van der Waals surface area contributed by atoms with Crippen molar-refractivity contribution < 1.29 is 14.4 Å². The molecule has 0 saturated carbocycles. The van der Waals surface area contributed by atoms with Gasteiger partial charge in [0.1, 0.15) is 0 Å². The first-order valence-corrected chi connectivity index (χ1v) is 11.3. The molecule has 0 bridgehead atoms. The van der Waals surface area contributed by atoms with Crippen molar-refractivity contribution in [3.05, 3.63) is 91.7 Å². The maximum absolute atomic E-state index is 11.0. The molecular formula is C25H29N4O4+. The van der Waals surface area contributed by atoms with E-state index in [1.807, 2.05) is 24.3 Å². The third kappa shape index (κ3) is 4.79. The molecule has 2 aromatic rings. The van der Waals surface area contributed by atoms with E-state index in [1.165, 1.54) is 18.5 Å². The van der Waals surface area contributed by atoms with Gasteiger partial charge in [0.15, 0.2) is 18.3 Å². The molecular weight excluding hydrogens is 420 g/mol. The molecule has 0 radical (unpaired) electrons. The second-order valence-corrected chi connectivity index (χ2v) is 9.32. The van der Waals surface area contributed by atoms with Crippen molar-refractivity contribution in [2.24, 2.45) is 5.92 Å². The topological polar surface area (TPSA) is 92.5 Å². The standard InChI is InChI=1S/C25H29N4O4/c1-25(2)23(17-19-5-9-21(10-6-19)28(30)31)24(26-14-3-4-15-26)13-16-27(25)18-20-7-11-22(12-8-20)29(32)33/h5-13,16,23H,3-4,14-15,17-18H2,1-2H3/q+1. The van der Waals surface area contributed by atoms with Crippen LogP contribution in [0.1, 0.15) is 37.8 Å². The van der Waals surface area contributed by atoms with E-state index in [0.29, 0.717) is 6.54 Å². The maximum atomic E-state index is 11.0. The van der Waals surface area contributed by atoms with E-state index in [1.54, 1.807) is 24.3 Å². The zero-order valence-corrected chi connectivity index (χ0v) is 19.0. The van der Waals surface area contributed by atoms with Gasteiger partial charge in [-0.2, -0.15) is 0 Å². The predicted octanol–water partition coefficient (Wildman–Crippen LogP) is 4.72. The Kier molecular flexibility index (Phi) is 6.26. The van der Waals surface area contributed by atoms with E-state index in [2.05, 4.69) is 35.6 Å². The van der Waals surface area contributed by atoms with E-state index in [0.717, 1.165) is 30.6 Å². The number of rotatable bonds is 7. The minimum Gasteiger partial charge on any atom is -0.374 e. The first-order valence-electron chi connectivity index (χ1n) is 11.3. The highest BCUT2D eigenvalue weighted by molar-refractivity contribution is 5.69. The lowest BCUT2D eigenvalue weighted by Gasteiger charge is -2.39. The van der Waals surface area contributed by atoms with Gasteiger partial charge in [-0.15, -0.1) is 0 Å². The fourth-order valence-corrected chi connectivity index (χ4v) is 4.86. The van der Waals surface area contributed by atoms with Gasteiger partial charge in [-0.05, 0) is 37.0 Å². The molecule has 0 aromatic heterocycles. The fraction of sp³-hybridized carbons (Fsp3) is 0.400. The summed E-state index contributed by atoms with van der Waals surface area (Å²) in [4.78, 5) is 23.7. The predicted molar refractivity (Wildman–Crippen MR) is 126 cm³/mol. The van der Waals surface area contributed by atoms with Crippen LogP contribution >= 0.6 is 0 Å². The molecule has 2 aromatic carbocycles. The van der Waals surface area contributed by atoms with Crippen LogP contribution in [-0.2, 0) is 13.0 Å². The van der Waals surface area contributed by atoms with Gasteiger partial charge >= 0.3 is 0 Å². The molecule has 2 aliphatic rings. The molecule has 1 fully saturated rings. The Morgan fingerprint density at radius 3 is 1.94 bits per heavy atom. The van der Waals surface area contributed by atoms with Gasteiger partial charge in [0, 0.05) is 68.5 Å². The first kappa shape index (κ1) is 22.6. The summed E-state index contributed by atoms with van der Waals surface area (Å²) in [5.74, 6) is 0.195. The van der Waals surface area contributed by atoms with E-state index < -0.39 is 0 Å². The van der Waals surface area contributed by atoms with E-state index in [-0.39, 0.29) is 32.7 Å². The van der Waals surface area contributed by atoms with Crippen LogP contribution in [0.2, 0.25) is 0 Å². The SMILES string of the molecule is CC1(C)C(Cc2ccc([N+](=O)[O-])cc2)C(N2CCCC2)=CC=[N+]1Cc1ccc([N+](=O)[O-])cc1. The second-order valence-electron chi connectivity index (χ2n) is 9.32. The molecule has 33 heavy (non-hydrogen) atoms. The Labute approximate surface area is 193 Å². The molecule has 2 aliphatic heterocycles. The lowest BCUT2D eigenvalue weighted by Crippen LogP contribution is -2.50. The van der Waals surface area contributed by atoms with Crippen molar-refractivity contribution in [1.29, 1.82) is 0 Å². The average molecular weight is 450 g/mol. The largest absolute Gasteiger partial charge is 0.374 e. The molecule has 1 atom stereocenters. The van der Waals surface area contributed by atoms with Crippen LogP contribution in [-0.4, -0.2) is 44.2 Å². The summed E-state index contributed by atoms with van der Waals surface area (Å²) in [5.41, 5.74) is 3.36. The fourth-order valence-electron chi connectivity index (χ4n) is 4.86. The summed E-state index contributed by atoms with van der Waals surface area (Å²) in [6.07, 6.45) is 7.50. The number of hydrogen-bond donors (Lipinski definition) is 0. The van der Waals surface area contributed by atoms with Crippen LogP contribution < -0.4 is 0 Å². The van der Waals surface area contributed by atoms with Crippen molar-refractivity contribution in [3.8, 4) is 0 Å². The first-order chi connectivity index (χ1) is 15.8. The summed E-state index contributed by atoms with van der Waals surface area (Å²) >= 11 is 0. The number of hydrogen-bond acceptors (Lipinski definition) is 5. The lowest BCUT2D eigenvalue weighted by molar-refractivity contribution is -0.621. The number of likely N-dealkylation sites (tertiary alicyclic amines) is 1. The smallest absolute Gasteiger partial charge is 0.269 e. The van der Waals surface area contributed by atoms with Crippen LogP contribution in [0.15, 0.2) is 60.3 Å². The Morgan fingerprint density at radius 2 is 1.42 bits per heavy atom. The molecule has 1 saturated heterocycles. The van der Waals surface area contributed by atoms with Crippen LogP contribution in [0.5, 0.6) is 0 Å². The highest BCUT2D eigenvalue weighted by Gasteiger charge is 2.45. The molecule has 0 N–H and O–H groups in total. The number of non-ortho nitro benzene ring substituents is 2. The molecule has 4 rings (SSSR count). The van der Waals surface area contributed by atoms with Gasteiger partial charge < -0.3 is 4.90 Å². The Balaban J connectivity index is 1.63. The summed E-state index contributed by atoms with van der Waals surface area (Å²) in [7, 11) is 0. The van der Waals surface area contributed by atoms with Crippen LogP contribution in [0, 0.1) is 26.1 Å². The molecule has 8 heteroatoms. The lowest BCUT2D eigenvalue weighted by atomic mass is 9.77. The molecule has 2 heterocycles. The van der Waals surface area contributed by atoms with Crippen molar-refractivity contribution in [1.82, 2.24) is 4.90 Å². The zero-order valence-electron chi connectivity index (χ0n) is 19.0. The van der Waals surface area contributed by atoms with Gasteiger partial charge in [0.2, 0.25) is 0 Å². The monoisotopic (exact) mass is 449 g/mol.